The highest BCUT2D eigenvalue weighted by Crippen LogP contribution is 2.29. The van der Waals surface area contributed by atoms with Gasteiger partial charge in [-0.3, -0.25) is 0 Å². The van der Waals surface area contributed by atoms with Crippen LogP contribution in [0.3, 0.4) is 0 Å². The number of hydrogen-bond donors (Lipinski definition) is 1. The summed E-state index contributed by atoms with van der Waals surface area (Å²) < 4.78 is 5.85. The molecule has 0 aliphatic carbocycles. The fraction of sp³-hybridized carbons (Fsp3) is 0.107. The van der Waals surface area contributed by atoms with Crippen LogP contribution in [0.15, 0.2) is 91.0 Å². The van der Waals surface area contributed by atoms with E-state index in [9.17, 15) is 4.79 Å². The summed E-state index contributed by atoms with van der Waals surface area (Å²) in [6.45, 7) is 4.12. The van der Waals surface area contributed by atoms with Crippen LogP contribution in [0.5, 0.6) is 5.75 Å². The highest BCUT2D eigenvalue weighted by Gasteiger charge is 2.17. The minimum Gasteiger partial charge on any atom is -0.423 e. The molecule has 3 nitrogen and oxygen atoms in total. The van der Waals surface area contributed by atoms with E-state index in [4.69, 9.17) is 16.3 Å². The first-order valence-electron chi connectivity index (χ1n) is 10.5. The van der Waals surface area contributed by atoms with Crippen molar-refractivity contribution < 1.29 is 9.53 Å². The van der Waals surface area contributed by atoms with E-state index in [1.165, 1.54) is 5.56 Å². The first kappa shape index (κ1) is 21.7. The average molecular weight is 442 g/mol. The van der Waals surface area contributed by atoms with Crippen molar-refractivity contribution >= 4 is 28.9 Å². The Bertz CT molecular complexity index is 1250. The van der Waals surface area contributed by atoms with Crippen LogP contribution in [0.2, 0.25) is 5.02 Å². The molecule has 0 heterocycles. The highest BCUT2D eigenvalue weighted by molar-refractivity contribution is 6.30. The van der Waals surface area contributed by atoms with Gasteiger partial charge in [0.2, 0.25) is 0 Å². The van der Waals surface area contributed by atoms with Crippen LogP contribution in [-0.2, 0) is 6.42 Å². The van der Waals surface area contributed by atoms with E-state index >= 15 is 0 Å². The highest BCUT2D eigenvalue weighted by atomic mass is 35.5. The third-order valence-electron chi connectivity index (χ3n) is 5.48. The molecule has 0 aliphatic heterocycles. The summed E-state index contributed by atoms with van der Waals surface area (Å²) >= 11 is 6.23. The molecule has 0 amide bonds. The molecule has 0 atom stereocenters. The molecule has 0 unspecified atom stereocenters. The van der Waals surface area contributed by atoms with Crippen LogP contribution in [0.1, 0.15) is 32.6 Å². The molecular formula is C28H24ClNO2. The second-order valence-electron chi connectivity index (χ2n) is 7.72. The lowest BCUT2D eigenvalue weighted by Crippen LogP contribution is -2.12. The van der Waals surface area contributed by atoms with Crippen LogP contribution in [0.4, 0.5) is 11.4 Å². The van der Waals surface area contributed by atoms with Gasteiger partial charge in [-0.25, -0.2) is 4.79 Å². The summed E-state index contributed by atoms with van der Waals surface area (Å²) in [6.07, 6.45) is 0.617. The molecule has 0 saturated carbocycles. The van der Waals surface area contributed by atoms with Gasteiger partial charge in [0.1, 0.15) is 5.75 Å². The molecule has 0 fully saturated rings. The normalized spacial score (nSPS) is 10.6. The minimum absolute atomic E-state index is 0.421. The van der Waals surface area contributed by atoms with Crippen molar-refractivity contribution in [2.45, 2.75) is 20.3 Å². The molecule has 1 N–H and O–H groups in total. The number of ether oxygens (including phenoxy) is 1. The van der Waals surface area contributed by atoms with Gasteiger partial charge in [0.15, 0.2) is 0 Å². The van der Waals surface area contributed by atoms with E-state index in [1.807, 2.05) is 66.7 Å². The maximum Gasteiger partial charge on any atom is 0.345 e. The molecule has 0 aliphatic rings. The first-order valence-corrected chi connectivity index (χ1v) is 10.9. The SMILES string of the molecule is Cc1cccc(Nc2ccccc2C(=O)Oc2ccc(Cl)cc2Cc2ccccc2)c1C. The molecule has 0 spiro atoms. The van der Waals surface area contributed by atoms with Gasteiger partial charge in [-0.05, 0) is 66.9 Å². The van der Waals surface area contributed by atoms with Crippen molar-refractivity contribution in [1.29, 1.82) is 0 Å². The van der Waals surface area contributed by atoms with Crippen LogP contribution in [0.25, 0.3) is 0 Å². The Hall–Kier alpha value is -3.56. The molecule has 0 saturated heterocycles. The maximum atomic E-state index is 13.2. The number of para-hydroxylation sites is 1. The largest absolute Gasteiger partial charge is 0.423 e. The van der Waals surface area contributed by atoms with Gasteiger partial charge in [0, 0.05) is 22.7 Å². The Morgan fingerprint density at radius 1 is 0.844 bits per heavy atom. The van der Waals surface area contributed by atoms with Crippen molar-refractivity contribution in [2.24, 2.45) is 0 Å². The lowest BCUT2D eigenvalue weighted by Gasteiger charge is -2.15. The molecule has 4 aromatic rings. The Kier molecular flexibility index (Phi) is 6.58. The van der Waals surface area contributed by atoms with E-state index < -0.39 is 5.97 Å². The van der Waals surface area contributed by atoms with Gasteiger partial charge in [0.25, 0.3) is 0 Å². The van der Waals surface area contributed by atoms with Crippen molar-refractivity contribution in [1.82, 2.24) is 0 Å². The number of halogens is 1. The van der Waals surface area contributed by atoms with Crippen LogP contribution >= 0.6 is 11.6 Å². The Balaban J connectivity index is 1.61. The summed E-state index contributed by atoms with van der Waals surface area (Å²) in [6, 6.07) is 28.8. The number of benzene rings is 4. The smallest absolute Gasteiger partial charge is 0.345 e. The van der Waals surface area contributed by atoms with Crippen LogP contribution < -0.4 is 10.1 Å². The topological polar surface area (TPSA) is 38.3 Å². The van der Waals surface area contributed by atoms with Gasteiger partial charge >= 0.3 is 5.97 Å². The van der Waals surface area contributed by atoms with E-state index in [1.54, 1.807) is 18.2 Å². The van der Waals surface area contributed by atoms with Gasteiger partial charge < -0.3 is 10.1 Å². The van der Waals surface area contributed by atoms with Crippen molar-refractivity contribution in [3.05, 3.63) is 124 Å². The zero-order valence-electron chi connectivity index (χ0n) is 18.1. The van der Waals surface area contributed by atoms with Gasteiger partial charge in [0.05, 0.1) is 11.3 Å². The summed E-state index contributed by atoms with van der Waals surface area (Å²) in [5, 5.41) is 3.99. The predicted octanol–water partition coefficient (Wildman–Crippen LogP) is 7.51. The van der Waals surface area contributed by atoms with Crippen LogP contribution in [-0.4, -0.2) is 5.97 Å². The number of rotatable bonds is 6. The van der Waals surface area contributed by atoms with E-state index in [0.29, 0.717) is 28.4 Å². The summed E-state index contributed by atoms with van der Waals surface area (Å²) in [7, 11) is 0. The maximum absolute atomic E-state index is 13.2. The Labute approximate surface area is 193 Å². The minimum atomic E-state index is -0.421. The lowest BCUT2D eigenvalue weighted by atomic mass is 10.0. The fourth-order valence-electron chi connectivity index (χ4n) is 3.56. The molecule has 0 radical (unpaired) electrons. The Morgan fingerprint density at radius 2 is 1.56 bits per heavy atom. The number of anilines is 2. The van der Waals surface area contributed by atoms with Crippen molar-refractivity contribution in [3.63, 3.8) is 0 Å². The molecule has 4 rings (SSSR count). The van der Waals surface area contributed by atoms with Crippen molar-refractivity contribution in [2.75, 3.05) is 5.32 Å². The first-order chi connectivity index (χ1) is 15.5. The number of nitrogens with one attached hydrogen (secondary N) is 1. The third kappa shape index (κ3) is 5.01. The van der Waals surface area contributed by atoms with Gasteiger partial charge in [-0.2, -0.15) is 0 Å². The average Bonchev–Trinajstić information content (AvgIpc) is 2.80. The quantitative estimate of drug-likeness (QED) is 0.248. The van der Waals surface area contributed by atoms with Gasteiger partial charge in [-0.15, -0.1) is 0 Å². The number of aryl methyl sites for hydroxylation is 1. The number of carbonyl (C=O) groups excluding carboxylic acids is 1. The van der Waals surface area contributed by atoms with E-state index in [2.05, 4.69) is 25.2 Å². The monoisotopic (exact) mass is 441 g/mol. The standard InChI is InChI=1S/C28H24ClNO2/c1-19-9-8-14-25(20(19)2)30-26-13-7-6-12-24(26)28(31)32-27-16-15-23(29)18-22(27)17-21-10-4-3-5-11-21/h3-16,18,30H,17H2,1-2H3. The zero-order valence-corrected chi connectivity index (χ0v) is 18.8. The number of carbonyl (C=O) groups is 1. The summed E-state index contributed by atoms with van der Waals surface area (Å²) in [5.41, 5.74) is 6.42. The van der Waals surface area contributed by atoms with E-state index in [-0.39, 0.29) is 0 Å². The summed E-state index contributed by atoms with van der Waals surface area (Å²) in [4.78, 5) is 13.2. The van der Waals surface area contributed by atoms with Gasteiger partial charge in [-0.1, -0.05) is 66.2 Å². The molecule has 160 valence electrons. The van der Waals surface area contributed by atoms with Crippen molar-refractivity contribution in [3.8, 4) is 5.75 Å². The van der Waals surface area contributed by atoms with Crippen LogP contribution in [0, 0.1) is 13.8 Å². The zero-order chi connectivity index (χ0) is 22.5. The summed E-state index contributed by atoms with van der Waals surface area (Å²) in [5.74, 6) is 0.0832. The van der Waals surface area contributed by atoms with E-state index in [0.717, 1.165) is 22.4 Å². The molecule has 4 heteroatoms. The second kappa shape index (κ2) is 9.71. The Morgan fingerprint density at radius 3 is 2.38 bits per heavy atom. The second-order valence-corrected chi connectivity index (χ2v) is 8.16. The molecule has 0 aromatic heterocycles. The fourth-order valence-corrected chi connectivity index (χ4v) is 3.75. The molecule has 4 aromatic carbocycles. The molecular weight excluding hydrogens is 418 g/mol. The predicted molar refractivity (Wildman–Crippen MR) is 131 cm³/mol. The third-order valence-corrected chi connectivity index (χ3v) is 5.72. The lowest BCUT2D eigenvalue weighted by molar-refractivity contribution is 0.0734. The molecule has 32 heavy (non-hydrogen) atoms. The number of esters is 1. The number of hydrogen-bond acceptors (Lipinski definition) is 3. The molecule has 0 bridgehead atoms.